The van der Waals surface area contributed by atoms with Gasteiger partial charge in [-0.15, -0.1) is 0 Å². The molecule has 0 bridgehead atoms. The van der Waals surface area contributed by atoms with Crippen molar-refractivity contribution in [1.29, 1.82) is 10.5 Å². The fourth-order valence-electron chi connectivity index (χ4n) is 2.77. The van der Waals surface area contributed by atoms with Crippen LogP contribution in [0.2, 0.25) is 0 Å². The van der Waals surface area contributed by atoms with E-state index in [-0.39, 0.29) is 0 Å². The van der Waals surface area contributed by atoms with Crippen LogP contribution in [0, 0.1) is 22.7 Å². The van der Waals surface area contributed by atoms with Crippen molar-refractivity contribution >= 4 is 23.0 Å². The van der Waals surface area contributed by atoms with Crippen LogP contribution in [0.1, 0.15) is 28.4 Å². The van der Waals surface area contributed by atoms with Crippen molar-refractivity contribution in [2.24, 2.45) is 5.73 Å². The molecular weight excluding hydrogens is 380 g/mol. The van der Waals surface area contributed by atoms with Crippen LogP contribution in [0.5, 0.6) is 0 Å². The molecule has 0 radical (unpaired) electrons. The Balaban J connectivity index is 1.90. The largest absolute Gasteiger partial charge is 0.399 e. The normalized spacial score (nSPS) is 12.4. The summed E-state index contributed by atoms with van der Waals surface area (Å²) in [6.07, 6.45) is -0.881. The smallest absolute Gasteiger partial charge is 0.104 e. The highest BCUT2D eigenvalue weighted by Gasteiger charge is 2.14. The van der Waals surface area contributed by atoms with Gasteiger partial charge >= 0.3 is 0 Å². The van der Waals surface area contributed by atoms with Crippen LogP contribution >= 0.6 is 11.8 Å². The summed E-state index contributed by atoms with van der Waals surface area (Å²) in [5.41, 5.74) is 15.3. The van der Waals surface area contributed by atoms with Gasteiger partial charge in [0.2, 0.25) is 0 Å². The second-order valence-corrected chi connectivity index (χ2v) is 7.40. The van der Waals surface area contributed by atoms with E-state index in [1.165, 1.54) is 11.8 Å². The zero-order valence-electron chi connectivity index (χ0n) is 15.4. The van der Waals surface area contributed by atoms with Gasteiger partial charge in [-0.2, -0.15) is 10.5 Å². The number of hydrogen-bond acceptors (Lipinski definition) is 6. The minimum atomic E-state index is -0.881. The SMILES string of the molecule is N#CC(=C(N)Sc1ccc(N)cc1)c1cccc(C(O)c2ccc(C#N)cc2)c1. The lowest BCUT2D eigenvalue weighted by molar-refractivity contribution is 0.220. The molecule has 29 heavy (non-hydrogen) atoms. The molecule has 3 aromatic carbocycles. The predicted octanol–water partition coefficient (Wildman–Crippen LogP) is 4.17. The number of allylic oxidation sites excluding steroid dienone is 1. The number of hydrogen-bond donors (Lipinski definition) is 3. The first-order valence-corrected chi connectivity index (χ1v) is 9.55. The maximum atomic E-state index is 10.7. The van der Waals surface area contributed by atoms with Gasteiger partial charge in [-0.05, 0) is 59.2 Å². The zero-order chi connectivity index (χ0) is 20.8. The molecule has 5 N–H and O–H groups in total. The summed E-state index contributed by atoms with van der Waals surface area (Å²) in [5.74, 6) is 0. The maximum absolute atomic E-state index is 10.7. The van der Waals surface area contributed by atoms with Crippen LogP contribution in [0.25, 0.3) is 5.57 Å². The highest BCUT2D eigenvalue weighted by atomic mass is 32.2. The molecule has 1 atom stereocenters. The molecular formula is C23H18N4OS. The van der Waals surface area contributed by atoms with Crippen molar-refractivity contribution in [2.75, 3.05) is 5.73 Å². The zero-order valence-corrected chi connectivity index (χ0v) is 16.2. The first-order valence-electron chi connectivity index (χ1n) is 8.73. The third kappa shape index (κ3) is 4.77. The average Bonchev–Trinajstić information content (AvgIpc) is 2.75. The molecule has 0 saturated carbocycles. The first kappa shape index (κ1) is 20.0. The lowest BCUT2D eigenvalue weighted by Crippen LogP contribution is -2.02. The Kier molecular flexibility index (Phi) is 6.21. The molecule has 5 nitrogen and oxygen atoms in total. The number of nitrogens with zero attached hydrogens (tertiary/aromatic N) is 2. The van der Waals surface area contributed by atoms with E-state index in [4.69, 9.17) is 16.7 Å². The van der Waals surface area contributed by atoms with Crippen LogP contribution in [-0.4, -0.2) is 5.11 Å². The number of aliphatic hydroxyl groups is 1. The summed E-state index contributed by atoms with van der Waals surface area (Å²) in [6.45, 7) is 0. The molecule has 0 aliphatic heterocycles. The number of rotatable bonds is 5. The fourth-order valence-corrected chi connectivity index (χ4v) is 3.56. The van der Waals surface area contributed by atoms with E-state index >= 15 is 0 Å². The van der Waals surface area contributed by atoms with Gasteiger partial charge in [-0.1, -0.05) is 42.1 Å². The van der Waals surface area contributed by atoms with Crippen molar-refractivity contribution in [3.8, 4) is 12.1 Å². The number of thioether (sulfide) groups is 1. The Morgan fingerprint density at radius 3 is 2.24 bits per heavy atom. The second kappa shape index (κ2) is 8.99. The van der Waals surface area contributed by atoms with E-state index in [2.05, 4.69) is 12.1 Å². The van der Waals surface area contributed by atoms with Gasteiger partial charge in [-0.25, -0.2) is 0 Å². The molecule has 0 aliphatic carbocycles. The number of nitrogens with two attached hydrogens (primary N) is 2. The summed E-state index contributed by atoms with van der Waals surface area (Å²) < 4.78 is 0. The average molecular weight is 398 g/mol. The van der Waals surface area contributed by atoms with E-state index < -0.39 is 6.10 Å². The summed E-state index contributed by atoms with van der Waals surface area (Å²) in [6, 6.07) is 25.3. The van der Waals surface area contributed by atoms with Crippen molar-refractivity contribution in [2.45, 2.75) is 11.0 Å². The molecule has 142 valence electrons. The van der Waals surface area contributed by atoms with Crippen LogP contribution in [-0.2, 0) is 0 Å². The fraction of sp³-hybridized carbons (Fsp3) is 0.0435. The number of benzene rings is 3. The maximum Gasteiger partial charge on any atom is 0.104 e. The molecule has 0 aromatic heterocycles. The minimum absolute atomic E-state index is 0.334. The summed E-state index contributed by atoms with van der Waals surface area (Å²) in [4.78, 5) is 0.873. The van der Waals surface area contributed by atoms with E-state index in [1.807, 2.05) is 12.1 Å². The lowest BCUT2D eigenvalue weighted by Gasteiger charge is -2.13. The molecule has 0 fully saturated rings. The summed E-state index contributed by atoms with van der Waals surface area (Å²) in [5, 5.41) is 29.6. The van der Waals surface area contributed by atoms with Gasteiger partial charge in [0.15, 0.2) is 0 Å². The Labute approximate surface area is 173 Å². The highest BCUT2D eigenvalue weighted by molar-refractivity contribution is 8.03. The van der Waals surface area contributed by atoms with Gasteiger partial charge < -0.3 is 16.6 Å². The van der Waals surface area contributed by atoms with Crippen molar-refractivity contribution in [3.05, 3.63) is 100 Å². The number of nitriles is 2. The summed E-state index contributed by atoms with van der Waals surface area (Å²) in [7, 11) is 0. The molecule has 0 saturated heterocycles. The second-order valence-electron chi connectivity index (χ2n) is 6.28. The molecule has 1 unspecified atom stereocenters. The highest BCUT2D eigenvalue weighted by Crippen LogP contribution is 2.31. The topological polar surface area (TPSA) is 120 Å². The van der Waals surface area contributed by atoms with Gasteiger partial charge in [-0.3, -0.25) is 0 Å². The van der Waals surface area contributed by atoms with Gasteiger partial charge in [0, 0.05) is 10.6 Å². The standard InChI is InChI=1S/C23H18N4OS/c24-13-15-4-6-16(7-5-15)22(28)18-3-1-2-17(12-18)21(14-25)23(27)29-20-10-8-19(26)9-11-20/h1-12,22,28H,26-27H2. The summed E-state index contributed by atoms with van der Waals surface area (Å²) >= 11 is 1.28. The first-order chi connectivity index (χ1) is 14.0. The Morgan fingerprint density at radius 2 is 1.62 bits per heavy atom. The van der Waals surface area contributed by atoms with Crippen LogP contribution in [0.3, 0.4) is 0 Å². The van der Waals surface area contributed by atoms with Crippen molar-refractivity contribution in [1.82, 2.24) is 0 Å². The van der Waals surface area contributed by atoms with E-state index in [0.717, 1.165) is 4.90 Å². The van der Waals surface area contributed by atoms with Crippen molar-refractivity contribution in [3.63, 3.8) is 0 Å². The monoisotopic (exact) mass is 398 g/mol. The number of aliphatic hydroxyl groups excluding tert-OH is 1. The Bertz CT molecular complexity index is 1120. The van der Waals surface area contributed by atoms with Crippen LogP contribution in [0.15, 0.2) is 82.7 Å². The molecule has 0 amide bonds. The van der Waals surface area contributed by atoms with E-state index in [0.29, 0.717) is 38.5 Å². The lowest BCUT2D eigenvalue weighted by atomic mass is 9.97. The Hall–Kier alpha value is -3.71. The molecule has 0 aliphatic rings. The molecule has 0 spiro atoms. The minimum Gasteiger partial charge on any atom is -0.399 e. The molecule has 3 aromatic rings. The predicted molar refractivity (Wildman–Crippen MR) is 115 cm³/mol. The van der Waals surface area contributed by atoms with E-state index in [9.17, 15) is 10.4 Å². The van der Waals surface area contributed by atoms with Gasteiger partial charge in [0.05, 0.1) is 22.2 Å². The van der Waals surface area contributed by atoms with Gasteiger partial charge in [0.1, 0.15) is 12.2 Å². The third-order valence-electron chi connectivity index (χ3n) is 4.31. The van der Waals surface area contributed by atoms with Gasteiger partial charge in [0.25, 0.3) is 0 Å². The number of nitrogen functional groups attached to an aromatic ring is 1. The van der Waals surface area contributed by atoms with E-state index in [1.54, 1.807) is 60.7 Å². The Morgan fingerprint density at radius 1 is 0.931 bits per heavy atom. The number of anilines is 1. The van der Waals surface area contributed by atoms with Crippen LogP contribution in [0.4, 0.5) is 5.69 Å². The third-order valence-corrected chi connectivity index (χ3v) is 5.24. The molecule has 0 heterocycles. The quantitative estimate of drug-likeness (QED) is 0.337. The molecule has 6 heteroatoms. The van der Waals surface area contributed by atoms with Crippen molar-refractivity contribution < 1.29 is 5.11 Å². The van der Waals surface area contributed by atoms with Crippen LogP contribution < -0.4 is 11.5 Å². The molecule has 3 rings (SSSR count).